The average Bonchev–Trinajstić information content (AvgIpc) is 3.97. The molecule has 0 aliphatic carbocycles. The van der Waals surface area contributed by atoms with Gasteiger partial charge in [0, 0.05) is 49.4 Å². The molecule has 0 saturated carbocycles. The number of hydrogen-bond acceptors (Lipinski definition) is 1. The monoisotopic (exact) mass is 929 g/mol. The molecule has 0 fully saturated rings. The fourth-order valence-electron chi connectivity index (χ4n) is 12.0. The quantitative estimate of drug-likeness (QED) is 0.121. The Kier molecular flexibility index (Phi) is 9.08. The summed E-state index contributed by atoms with van der Waals surface area (Å²) in [7, 11) is 0. The molecule has 12 aromatic carbocycles. The van der Waals surface area contributed by atoms with Crippen LogP contribution in [0.3, 0.4) is 0 Å². The summed E-state index contributed by atoms with van der Waals surface area (Å²) in [6, 6.07) is 93.6. The molecule has 0 unspecified atom stereocenters. The molecular formula is C69H43N3O. The summed E-state index contributed by atoms with van der Waals surface area (Å²) in [4.78, 5) is 14.3. The first kappa shape index (κ1) is 41.1. The van der Waals surface area contributed by atoms with Gasteiger partial charge in [0.1, 0.15) is 0 Å². The lowest BCUT2D eigenvalue weighted by Gasteiger charge is -2.19. The molecule has 0 spiro atoms. The Balaban J connectivity index is 1.02. The molecule has 0 amide bonds. The van der Waals surface area contributed by atoms with Crippen LogP contribution in [-0.4, -0.2) is 13.7 Å². The molecule has 0 saturated heterocycles. The van der Waals surface area contributed by atoms with Crippen LogP contribution in [0, 0.1) is 0 Å². The average molecular weight is 930 g/mol. The minimum absolute atomic E-state index is 0.0246. The third-order valence-electron chi connectivity index (χ3n) is 15.2. The Labute approximate surface area is 420 Å². The van der Waals surface area contributed by atoms with Gasteiger partial charge in [-0.3, -0.25) is 9.36 Å². The zero-order valence-corrected chi connectivity index (χ0v) is 39.6. The second-order valence-electron chi connectivity index (χ2n) is 19.1. The second kappa shape index (κ2) is 16.1. The molecule has 3 aromatic heterocycles. The van der Waals surface area contributed by atoms with Gasteiger partial charge < -0.3 is 9.13 Å². The van der Waals surface area contributed by atoms with Crippen molar-refractivity contribution in [2.75, 3.05) is 0 Å². The molecule has 0 N–H and O–H groups in total. The third kappa shape index (κ3) is 6.24. The lowest BCUT2D eigenvalue weighted by atomic mass is 9.84. The molecule has 15 aromatic rings. The zero-order chi connectivity index (χ0) is 48.1. The van der Waals surface area contributed by atoms with Gasteiger partial charge in [0.05, 0.1) is 27.6 Å². The summed E-state index contributed by atoms with van der Waals surface area (Å²) in [6.07, 6.45) is 0. The van der Waals surface area contributed by atoms with Crippen LogP contribution < -0.4 is 5.56 Å². The predicted octanol–water partition coefficient (Wildman–Crippen LogP) is 17.6. The Morgan fingerprint density at radius 3 is 1.04 bits per heavy atom. The fraction of sp³-hybridized carbons (Fsp3) is 0. The molecule has 4 nitrogen and oxygen atoms in total. The molecule has 0 radical (unpaired) electrons. The van der Waals surface area contributed by atoms with Crippen LogP contribution >= 0.6 is 0 Å². The first-order valence-corrected chi connectivity index (χ1v) is 25.0. The van der Waals surface area contributed by atoms with Crippen molar-refractivity contribution in [2.45, 2.75) is 0 Å². The van der Waals surface area contributed by atoms with Crippen molar-refractivity contribution < 1.29 is 0 Å². The number of aromatic nitrogens is 3. The number of pyridine rings is 1. The largest absolute Gasteiger partial charge is 0.309 e. The van der Waals surface area contributed by atoms with E-state index in [9.17, 15) is 4.79 Å². The van der Waals surface area contributed by atoms with E-state index in [-0.39, 0.29) is 5.56 Å². The zero-order valence-electron chi connectivity index (χ0n) is 39.6. The number of rotatable bonds is 6. The van der Waals surface area contributed by atoms with Crippen molar-refractivity contribution in [2.24, 2.45) is 0 Å². The minimum atomic E-state index is -0.0246. The number of benzene rings is 12. The van der Waals surface area contributed by atoms with Crippen LogP contribution in [0.1, 0.15) is 0 Å². The smallest absolute Gasteiger partial charge is 0.263 e. The van der Waals surface area contributed by atoms with E-state index in [2.05, 4.69) is 221 Å². The highest BCUT2D eigenvalue weighted by Crippen LogP contribution is 2.47. The predicted molar refractivity (Wildman–Crippen MR) is 307 cm³/mol. The topological polar surface area (TPSA) is 31.9 Å². The van der Waals surface area contributed by atoms with Gasteiger partial charge in [-0.05, 0) is 157 Å². The van der Waals surface area contributed by atoms with E-state index >= 15 is 0 Å². The highest BCUT2D eigenvalue weighted by molar-refractivity contribution is 6.24. The second-order valence-corrected chi connectivity index (χ2v) is 19.1. The normalized spacial score (nSPS) is 11.9. The summed E-state index contributed by atoms with van der Waals surface area (Å²) in [5.74, 6) is 0. The summed E-state index contributed by atoms with van der Waals surface area (Å²) in [5.41, 5.74) is 15.6. The first-order valence-electron chi connectivity index (χ1n) is 25.0. The van der Waals surface area contributed by atoms with Gasteiger partial charge in [-0.25, -0.2) is 0 Å². The number of fused-ring (bicyclic) bond motifs is 11. The van der Waals surface area contributed by atoms with Crippen molar-refractivity contribution in [1.82, 2.24) is 13.7 Å². The minimum Gasteiger partial charge on any atom is -0.309 e. The van der Waals surface area contributed by atoms with E-state index in [0.29, 0.717) is 5.39 Å². The lowest BCUT2D eigenvalue weighted by molar-refractivity contribution is 1.06. The Bertz CT molecular complexity index is 4790. The van der Waals surface area contributed by atoms with Crippen molar-refractivity contribution in [3.63, 3.8) is 0 Å². The van der Waals surface area contributed by atoms with E-state index in [1.165, 1.54) is 81.8 Å². The Morgan fingerprint density at radius 1 is 0.205 bits per heavy atom. The van der Waals surface area contributed by atoms with Crippen LogP contribution in [0.25, 0.3) is 137 Å². The van der Waals surface area contributed by atoms with Gasteiger partial charge in [0.25, 0.3) is 5.56 Å². The van der Waals surface area contributed by atoms with Crippen LogP contribution in [0.4, 0.5) is 0 Å². The highest BCUT2D eigenvalue weighted by Gasteiger charge is 2.22. The van der Waals surface area contributed by atoms with Gasteiger partial charge in [0.2, 0.25) is 0 Å². The SMILES string of the molecule is O=c1c2ccccc2c2cc(-c3ccc4c(-c5ccc6c(c5)c5ccccc5n6-c5ccccc5)c5ccccc5c(-c5ccc6c(c5)c5ccccc5n6-c5ccccc5)c4c3)ccc2n1-c1ccccc1. The lowest BCUT2D eigenvalue weighted by Crippen LogP contribution is -2.19. The molecule has 4 heteroatoms. The summed E-state index contributed by atoms with van der Waals surface area (Å²) >= 11 is 0. The number of hydrogen-bond donors (Lipinski definition) is 0. The summed E-state index contributed by atoms with van der Waals surface area (Å²) in [6.45, 7) is 0. The fourth-order valence-corrected chi connectivity index (χ4v) is 12.0. The maximum atomic E-state index is 14.3. The van der Waals surface area contributed by atoms with Gasteiger partial charge in [-0.2, -0.15) is 0 Å². The van der Waals surface area contributed by atoms with Crippen molar-refractivity contribution >= 4 is 86.8 Å². The van der Waals surface area contributed by atoms with E-state index < -0.39 is 0 Å². The maximum Gasteiger partial charge on any atom is 0.263 e. The number of para-hydroxylation sites is 5. The molecule has 0 aliphatic rings. The van der Waals surface area contributed by atoms with Crippen molar-refractivity contribution in [1.29, 1.82) is 0 Å². The van der Waals surface area contributed by atoms with Crippen LogP contribution in [0.5, 0.6) is 0 Å². The van der Waals surface area contributed by atoms with Crippen molar-refractivity contribution in [3.8, 4) is 50.4 Å². The molecule has 340 valence electrons. The standard InChI is InChI=1S/C69H43N3O/c73-69-57-29-13-10-24-51(57)58-40-45(33-37-66(58)72(69)50-22-8-3-9-23-50)44-32-36-56-61(41-44)68(47-35-39-65-60(43-47)53-26-15-17-31-63(53)71(65)49-20-6-2-7-21-49)55-28-12-11-27-54(55)67(56)46-34-38-64-59(42-46)52-25-14-16-30-62(52)70(64)48-18-4-1-5-19-48/h1-43H. The molecule has 73 heavy (non-hydrogen) atoms. The Hall–Kier alpha value is -9.77. The maximum absolute atomic E-state index is 14.3. The van der Waals surface area contributed by atoms with Gasteiger partial charge in [0.15, 0.2) is 0 Å². The van der Waals surface area contributed by atoms with Crippen LogP contribution in [-0.2, 0) is 0 Å². The van der Waals surface area contributed by atoms with Gasteiger partial charge in [-0.15, -0.1) is 0 Å². The molecular weight excluding hydrogens is 887 g/mol. The molecule has 3 heterocycles. The van der Waals surface area contributed by atoms with E-state index in [1.54, 1.807) is 0 Å². The van der Waals surface area contributed by atoms with Crippen LogP contribution in [0.2, 0.25) is 0 Å². The molecule has 15 rings (SSSR count). The van der Waals surface area contributed by atoms with Crippen LogP contribution in [0.15, 0.2) is 266 Å². The Morgan fingerprint density at radius 2 is 0.521 bits per heavy atom. The van der Waals surface area contributed by atoms with E-state index in [0.717, 1.165) is 50.0 Å². The van der Waals surface area contributed by atoms with Crippen molar-refractivity contribution in [3.05, 3.63) is 271 Å². The van der Waals surface area contributed by atoms with Gasteiger partial charge in [-0.1, -0.05) is 164 Å². The van der Waals surface area contributed by atoms with E-state index in [4.69, 9.17) is 0 Å². The summed E-state index contributed by atoms with van der Waals surface area (Å²) in [5, 5.41) is 12.3. The number of nitrogens with zero attached hydrogens (tertiary/aromatic N) is 3. The molecule has 0 atom stereocenters. The van der Waals surface area contributed by atoms with Gasteiger partial charge >= 0.3 is 0 Å². The molecule has 0 bridgehead atoms. The third-order valence-corrected chi connectivity index (χ3v) is 15.2. The highest BCUT2D eigenvalue weighted by atomic mass is 16.1. The van der Waals surface area contributed by atoms with E-state index in [1.807, 2.05) is 53.1 Å². The summed E-state index contributed by atoms with van der Waals surface area (Å²) < 4.78 is 6.63. The first-order chi connectivity index (χ1) is 36.2. The molecule has 0 aliphatic heterocycles.